The Kier molecular flexibility index (Phi) is 6.63. The van der Waals surface area contributed by atoms with Gasteiger partial charge in [0.05, 0.1) is 31.0 Å². The molecule has 2 unspecified atom stereocenters. The zero-order valence-corrected chi connectivity index (χ0v) is 20.4. The maximum Gasteiger partial charge on any atom is 0.170 e. The summed E-state index contributed by atoms with van der Waals surface area (Å²) in [5.41, 5.74) is 5.09. The molecule has 2 aromatic heterocycles. The van der Waals surface area contributed by atoms with E-state index in [4.69, 9.17) is 17.0 Å². The molecule has 0 radical (unpaired) electrons. The van der Waals surface area contributed by atoms with Gasteiger partial charge in [0.25, 0.3) is 0 Å². The normalized spacial score (nSPS) is 21.1. The van der Waals surface area contributed by atoms with Gasteiger partial charge >= 0.3 is 0 Å². The lowest BCUT2D eigenvalue weighted by Gasteiger charge is -2.32. The van der Waals surface area contributed by atoms with Gasteiger partial charge in [-0.25, -0.2) is 4.39 Å². The van der Waals surface area contributed by atoms with Crippen molar-refractivity contribution < 1.29 is 9.13 Å². The first kappa shape index (κ1) is 23.0. The molecule has 0 saturated carbocycles. The van der Waals surface area contributed by atoms with Gasteiger partial charge < -0.3 is 19.5 Å². The SMILES string of the molecule is Cc1cc(C2C(c3ccccn3)NC(=S)N2CCN2CCOCC2)c(C)n1-c1cccc(F)c1. The molecule has 178 valence electrons. The van der Waals surface area contributed by atoms with Gasteiger partial charge in [0, 0.05) is 49.5 Å². The van der Waals surface area contributed by atoms with E-state index >= 15 is 0 Å². The number of pyridine rings is 1. The Morgan fingerprint density at radius 1 is 1.09 bits per heavy atom. The van der Waals surface area contributed by atoms with E-state index in [1.54, 1.807) is 12.1 Å². The van der Waals surface area contributed by atoms with Crippen LogP contribution in [0.4, 0.5) is 4.39 Å². The molecule has 8 heteroatoms. The van der Waals surface area contributed by atoms with Crippen molar-refractivity contribution >= 4 is 17.3 Å². The minimum absolute atomic E-state index is 0.0167. The number of nitrogens with zero attached hydrogens (tertiary/aromatic N) is 4. The summed E-state index contributed by atoms with van der Waals surface area (Å²) < 4.78 is 21.7. The number of hydrogen-bond donors (Lipinski definition) is 1. The lowest BCUT2D eigenvalue weighted by molar-refractivity contribution is 0.0350. The van der Waals surface area contributed by atoms with Gasteiger partial charge in [-0.1, -0.05) is 12.1 Å². The Hall–Kier alpha value is -2.81. The summed E-state index contributed by atoms with van der Waals surface area (Å²) in [5.74, 6) is -0.242. The van der Waals surface area contributed by atoms with Crippen molar-refractivity contribution in [3.63, 3.8) is 0 Å². The van der Waals surface area contributed by atoms with Gasteiger partial charge in [-0.05, 0) is 68.0 Å². The zero-order chi connectivity index (χ0) is 23.7. The lowest BCUT2D eigenvalue weighted by Crippen LogP contribution is -2.42. The second-order valence-electron chi connectivity index (χ2n) is 8.92. The fraction of sp³-hybridized carbons (Fsp3) is 0.385. The quantitative estimate of drug-likeness (QED) is 0.541. The summed E-state index contributed by atoms with van der Waals surface area (Å²) in [6.45, 7) is 9.32. The van der Waals surface area contributed by atoms with Gasteiger partial charge in [-0.15, -0.1) is 0 Å². The van der Waals surface area contributed by atoms with Crippen molar-refractivity contribution in [2.75, 3.05) is 39.4 Å². The van der Waals surface area contributed by atoms with Crippen molar-refractivity contribution in [3.8, 4) is 5.69 Å². The third-order valence-electron chi connectivity index (χ3n) is 6.81. The fourth-order valence-electron chi connectivity index (χ4n) is 5.16. The maximum atomic E-state index is 14.0. The van der Waals surface area contributed by atoms with Crippen LogP contribution in [0, 0.1) is 19.7 Å². The predicted molar refractivity (Wildman–Crippen MR) is 135 cm³/mol. The third-order valence-corrected chi connectivity index (χ3v) is 7.17. The lowest BCUT2D eigenvalue weighted by atomic mass is 9.96. The van der Waals surface area contributed by atoms with Crippen molar-refractivity contribution in [1.82, 2.24) is 24.7 Å². The third kappa shape index (κ3) is 4.45. The molecule has 0 aliphatic carbocycles. The second-order valence-corrected chi connectivity index (χ2v) is 9.30. The molecular formula is C26H30FN5OS. The van der Waals surface area contributed by atoms with Crippen molar-refractivity contribution in [1.29, 1.82) is 0 Å². The molecule has 0 spiro atoms. The molecule has 1 aromatic carbocycles. The average Bonchev–Trinajstić information content (AvgIpc) is 3.33. The summed E-state index contributed by atoms with van der Waals surface area (Å²) in [6.07, 6.45) is 1.82. The van der Waals surface area contributed by atoms with Crippen LogP contribution in [-0.4, -0.2) is 63.9 Å². The number of aromatic nitrogens is 2. The van der Waals surface area contributed by atoms with E-state index in [1.807, 2.05) is 30.5 Å². The topological polar surface area (TPSA) is 45.6 Å². The Morgan fingerprint density at radius 2 is 1.91 bits per heavy atom. The first-order valence-corrected chi connectivity index (χ1v) is 12.2. The summed E-state index contributed by atoms with van der Waals surface area (Å²) in [5, 5.41) is 4.28. The molecule has 0 amide bonds. The van der Waals surface area contributed by atoms with Crippen LogP contribution < -0.4 is 5.32 Å². The van der Waals surface area contributed by atoms with Crippen LogP contribution in [0.25, 0.3) is 5.69 Å². The van der Waals surface area contributed by atoms with E-state index < -0.39 is 0 Å². The molecule has 2 saturated heterocycles. The fourth-order valence-corrected chi connectivity index (χ4v) is 5.49. The summed E-state index contributed by atoms with van der Waals surface area (Å²) in [6, 6.07) is 14.8. The smallest absolute Gasteiger partial charge is 0.170 e. The molecule has 34 heavy (non-hydrogen) atoms. The number of rotatable bonds is 6. The molecule has 2 fully saturated rings. The van der Waals surface area contributed by atoms with Crippen LogP contribution in [0.15, 0.2) is 54.7 Å². The number of halogens is 1. The van der Waals surface area contributed by atoms with E-state index in [2.05, 4.69) is 44.6 Å². The Morgan fingerprint density at radius 3 is 2.65 bits per heavy atom. The summed E-state index contributed by atoms with van der Waals surface area (Å²) in [4.78, 5) is 9.37. The van der Waals surface area contributed by atoms with E-state index in [-0.39, 0.29) is 17.9 Å². The van der Waals surface area contributed by atoms with E-state index in [9.17, 15) is 4.39 Å². The molecule has 2 aliphatic heterocycles. The van der Waals surface area contributed by atoms with Crippen molar-refractivity contribution in [3.05, 3.63) is 83.2 Å². The first-order valence-electron chi connectivity index (χ1n) is 11.8. The number of aryl methyl sites for hydroxylation is 1. The first-order chi connectivity index (χ1) is 16.5. The monoisotopic (exact) mass is 479 g/mol. The minimum Gasteiger partial charge on any atom is -0.379 e. The molecule has 2 atom stereocenters. The standard InChI is InChI=1S/C26H30FN5OS/c1-18-16-22(19(2)32(18)21-7-5-6-20(27)17-21)25-24(23-8-3-4-9-28-23)29-26(34)31(25)11-10-30-12-14-33-15-13-30/h3-9,16-17,24-25H,10-15H2,1-2H3,(H,29,34). The Bertz CT molecular complexity index is 1160. The summed E-state index contributed by atoms with van der Waals surface area (Å²) >= 11 is 5.84. The van der Waals surface area contributed by atoms with Gasteiger partial charge in [0.15, 0.2) is 5.11 Å². The molecule has 4 heterocycles. The summed E-state index contributed by atoms with van der Waals surface area (Å²) in [7, 11) is 0. The Balaban J connectivity index is 1.52. The van der Waals surface area contributed by atoms with E-state index in [0.717, 1.165) is 67.3 Å². The number of benzene rings is 1. The van der Waals surface area contributed by atoms with Crippen LogP contribution in [-0.2, 0) is 4.74 Å². The maximum absolute atomic E-state index is 14.0. The number of thiocarbonyl (C=S) groups is 1. The van der Waals surface area contributed by atoms with Crippen molar-refractivity contribution in [2.24, 2.45) is 0 Å². The van der Waals surface area contributed by atoms with Gasteiger partial charge in [-0.2, -0.15) is 0 Å². The highest BCUT2D eigenvalue weighted by Crippen LogP contribution is 2.41. The molecule has 6 nitrogen and oxygen atoms in total. The zero-order valence-electron chi connectivity index (χ0n) is 19.6. The average molecular weight is 480 g/mol. The highest BCUT2D eigenvalue weighted by Gasteiger charge is 2.41. The highest BCUT2D eigenvalue weighted by molar-refractivity contribution is 7.80. The number of nitrogens with one attached hydrogen (secondary N) is 1. The van der Waals surface area contributed by atoms with Crippen LogP contribution in [0.5, 0.6) is 0 Å². The van der Waals surface area contributed by atoms with Gasteiger partial charge in [-0.3, -0.25) is 9.88 Å². The van der Waals surface area contributed by atoms with Crippen molar-refractivity contribution in [2.45, 2.75) is 25.9 Å². The molecule has 5 rings (SSSR count). The van der Waals surface area contributed by atoms with Crippen LogP contribution in [0.2, 0.25) is 0 Å². The molecule has 1 N–H and O–H groups in total. The van der Waals surface area contributed by atoms with E-state index in [1.165, 1.54) is 11.6 Å². The minimum atomic E-state index is -0.242. The Labute approximate surface area is 205 Å². The number of ether oxygens (including phenoxy) is 1. The largest absolute Gasteiger partial charge is 0.379 e. The van der Waals surface area contributed by atoms with Crippen LogP contribution >= 0.6 is 12.2 Å². The van der Waals surface area contributed by atoms with E-state index in [0.29, 0.717) is 0 Å². The van der Waals surface area contributed by atoms with Gasteiger partial charge in [0.1, 0.15) is 5.82 Å². The van der Waals surface area contributed by atoms with Crippen LogP contribution in [0.3, 0.4) is 0 Å². The highest BCUT2D eigenvalue weighted by atomic mass is 32.1. The molecule has 2 aliphatic rings. The second kappa shape index (κ2) is 9.82. The van der Waals surface area contributed by atoms with Crippen LogP contribution in [0.1, 0.15) is 34.7 Å². The molecule has 0 bridgehead atoms. The predicted octanol–water partition coefficient (Wildman–Crippen LogP) is 3.93. The van der Waals surface area contributed by atoms with Gasteiger partial charge in [0.2, 0.25) is 0 Å². The number of morpholine rings is 1. The molecule has 3 aromatic rings. The number of hydrogen-bond acceptors (Lipinski definition) is 4. The molecular weight excluding hydrogens is 449 g/mol.